The normalized spacial score (nSPS) is 9.70. The number of benzene rings is 2. The second kappa shape index (κ2) is 10.6. The fraction of sp³-hybridized carbons (Fsp3) is 0.304. The van der Waals surface area contributed by atoms with E-state index in [0.29, 0.717) is 0 Å². The fourth-order valence-corrected chi connectivity index (χ4v) is 2.43. The first-order valence-corrected chi connectivity index (χ1v) is 8.63. The summed E-state index contributed by atoms with van der Waals surface area (Å²) >= 11 is 0. The van der Waals surface area contributed by atoms with Crippen LogP contribution in [0.2, 0.25) is 0 Å². The molecule has 0 spiro atoms. The molecule has 0 aliphatic rings. The van der Waals surface area contributed by atoms with E-state index < -0.39 is 0 Å². The fourth-order valence-electron chi connectivity index (χ4n) is 2.43. The first kappa shape index (κ1) is 19.0. The van der Waals surface area contributed by atoms with Crippen LogP contribution in [0.3, 0.4) is 0 Å². The average Bonchev–Trinajstić information content (AvgIpc) is 2.62. The Balaban J connectivity index is 0.000000231. The van der Waals surface area contributed by atoms with Crippen molar-refractivity contribution in [3.05, 3.63) is 83.4 Å². The SMILES string of the molecule is C=Cc1cc(CC)cc(CC)c1.C=Cc1ccc(CCC)cc1. The molecule has 122 valence electrons. The summed E-state index contributed by atoms with van der Waals surface area (Å²) in [4.78, 5) is 0. The summed E-state index contributed by atoms with van der Waals surface area (Å²) in [5.74, 6) is 0. The molecule has 0 aliphatic heterocycles. The predicted octanol–water partition coefficient (Wildman–Crippen LogP) is 6.74. The van der Waals surface area contributed by atoms with Gasteiger partial charge in [0.05, 0.1) is 0 Å². The average molecular weight is 306 g/mol. The molecule has 0 atom stereocenters. The molecule has 0 aliphatic carbocycles. The van der Waals surface area contributed by atoms with Crippen LogP contribution in [0.4, 0.5) is 0 Å². The minimum atomic E-state index is 1.11. The Morgan fingerprint density at radius 2 is 1.22 bits per heavy atom. The van der Waals surface area contributed by atoms with E-state index in [2.05, 4.69) is 76.4 Å². The molecule has 0 heterocycles. The Bertz CT molecular complexity index is 580. The van der Waals surface area contributed by atoms with E-state index in [0.717, 1.165) is 12.8 Å². The quantitative estimate of drug-likeness (QED) is 0.554. The van der Waals surface area contributed by atoms with Crippen molar-refractivity contribution in [2.24, 2.45) is 0 Å². The number of aryl methyl sites for hydroxylation is 3. The van der Waals surface area contributed by atoms with Crippen LogP contribution < -0.4 is 0 Å². The lowest BCUT2D eigenvalue weighted by Crippen LogP contribution is -1.87. The van der Waals surface area contributed by atoms with Gasteiger partial charge in [0, 0.05) is 0 Å². The van der Waals surface area contributed by atoms with E-state index in [4.69, 9.17) is 0 Å². The van der Waals surface area contributed by atoms with Gasteiger partial charge in [0.25, 0.3) is 0 Å². The number of hydrogen-bond donors (Lipinski definition) is 0. The maximum atomic E-state index is 3.78. The lowest BCUT2D eigenvalue weighted by molar-refractivity contribution is 0.922. The minimum Gasteiger partial charge on any atom is -0.0985 e. The van der Waals surface area contributed by atoms with Crippen molar-refractivity contribution in [2.75, 3.05) is 0 Å². The lowest BCUT2D eigenvalue weighted by Gasteiger charge is -2.03. The molecular weight excluding hydrogens is 276 g/mol. The van der Waals surface area contributed by atoms with Crippen molar-refractivity contribution >= 4 is 12.2 Å². The van der Waals surface area contributed by atoms with Gasteiger partial charge in [-0.25, -0.2) is 0 Å². The van der Waals surface area contributed by atoms with Crippen molar-refractivity contribution in [3.63, 3.8) is 0 Å². The Labute approximate surface area is 142 Å². The highest BCUT2D eigenvalue weighted by atomic mass is 14.0. The summed E-state index contributed by atoms with van der Waals surface area (Å²) < 4.78 is 0. The summed E-state index contributed by atoms with van der Waals surface area (Å²) in [6.45, 7) is 14.0. The molecule has 0 nitrogen and oxygen atoms in total. The Morgan fingerprint density at radius 3 is 1.61 bits per heavy atom. The Kier molecular flexibility index (Phi) is 8.75. The van der Waals surface area contributed by atoms with Crippen LogP contribution in [0.1, 0.15) is 55.0 Å². The van der Waals surface area contributed by atoms with E-state index in [1.165, 1.54) is 40.7 Å². The smallest absolute Gasteiger partial charge is 0.0257 e. The maximum absolute atomic E-state index is 3.78. The molecule has 0 aromatic heterocycles. The highest BCUT2D eigenvalue weighted by Crippen LogP contribution is 2.12. The first-order valence-electron chi connectivity index (χ1n) is 8.63. The van der Waals surface area contributed by atoms with Crippen LogP contribution in [-0.4, -0.2) is 0 Å². The van der Waals surface area contributed by atoms with Gasteiger partial charge >= 0.3 is 0 Å². The van der Waals surface area contributed by atoms with E-state index in [9.17, 15) is 0 Å². The molecule has 0 saturated heterocycles. The summed E-state index contributed by atoms with van der Waals surface area (Å²) in [6.07, 6.45) is 8.39. The minimum absolute atomic E-state index is 1.11. The van der Waals surface area contributed by atoms with Crippen LogP contribution in [0.25, 0.3) is 12.2 Å². The number of hydrogen-bond acceptors (Lipinski definition) is 0. The standard InChI is InChI=1S/C12H16.C11H14/c1-4-10-7-11(5-2)9-12(6-3)8-10;1-3-5-11-8-6-10(4-2)7-9-11/h4,7-9H,1,5-6H2,2-3H3;4,6-9H,2-3,5H2,1H3. The van der Waals surface area contributed by atoms with E-state index in [1.54, 1.807) is 0 Å². The zero-order valence-corrected chi connectivity index (χ0v) is 14.9. The summed E-state index contributed by atoms with van der Waals surface area (Å²) in [6, 6.07) is 15.2. The van der Waals surface area contributed by atoms with Crippen LogP contribution in [0, 0.1) is 0 Å². The van der Waals surface area contributed by atoms with Crippen molar-refractivity contribution in [2.45, 2.75) is 46.5 Å². The zero-order chi connectivity index (χ0) is 17.1. The monoisotopic (exact) mass is 306 g/mol. The van der Waals surface area contributed by atoms with Crippen molar-refractivity contribution in [1.82, 2.24) is 0 Å². The van der Waals surface area contributed by atoms with E-state index >= 15 is 0 Å². The first-order chi connectivity index (χ1) is 11.2. The molecule has 0 heteroatoms. The molecule has 0 bridgehead atoms. The molecule has 23 heavy (non-hydrogen) atoms. The highest BCUT2D eigenvalue weighted by molar-refractivity contribution is 5.50. The van der Waals surface area contributed by atoms with Gasteiger partial charge in [-0.2, -0.15) is 0 Å². The van der Waals surface area contributed by atoms with E-state index in [-0.39, 0.29) is 0 Å². The second-order valence-corrected chi connectivity index (χ2v) is 5.69. The topological polar surface area (TPSA) is 0 Å². The third-order valence-electron chi connectivity index (χ3n) is 3.88. The van der Waals surface area contributed by atoms with Crippen LogP contribution in [-0.2, 0) is 19.3 Å². The molecule has 2 rings (SSSR count). The summed E-state index contributed by atoms with van der Waals surface area (Å²) in [5.41, 5.74) is 6.67. The lowest BCUT2D eigenvalue weighted by atomic mass is 10.0. The summed E-state index contributed by atoms with van der Waals surface area (Å²) in [7, 11) is 0. The third kappa shape index (κ3) is 6.69. The van der Waals surface area contributed by atoms with Crippen molar-refractivity contribution in [3.8, 4) is 0 Å². The molecule has 0 unspecified atom stereocenters. The third-order valence-corrected chi connectivity index (χ3v) is 3.88. The molecular formula is C23H30. The predicted molar refractivity (Wildman–Crippen MR) is 106 cm³/mol. The molecule has 0 radical (unpaired) electrons. The molecule has 2 aromatic carbocycles. The molecule has 0 saturated carbocycles. The Hall–Kier alpha value is -2.08. The zero-order valence-electron chi connectivity index (χ0n) is 14.9. The second-order valence-electron chi connectivity index (χ2n) is 5.69. The molecule has 0 N–H and O–H groups in total. The van der Waals surface area contributed by atoms with Gasteiger partial charge in [-0.1, -0.05) is 95.0 Å². The molecule has 0 amide bonds. The maximum Gasteiger partial charge on any atom is -0.0257 e. The van der Waals surface area contributed by atoms with Gasteiger partial charge in [-0.3, -0.25) is 0 Å². The molecule has 0 fully saturated rings. The van der Waals surface area contributed by atoms with Crippen molar-refractivity contribution in [1.29, 1.82) is 0 Å². The van der Waals surface area contributed by atoms with Crippen LogP contribution in [0.5, 0.6) is 0 Å². The van der Waals surface area contributed by atoms with Crippen LogP contribution in [0.15, 0.2) is 55.6 Å². The van der Waals surface area contributed by atoms with Gasteiger partial charge in [0.1, 0.15) is 0 Å². The van der Waals surface area contributed by atoms with E-state index in [1.807, 2.05) is 12.2 Å². The van der Waals surface area contributed by atoms with Gasteiger partial charge < -0.3 is 0 Å². The largest absolute Gasteiger partial charge is 0.0985 e. The van der Waals surface area contributed by atoms with Crippen molar-refractivity contribution < 1.29 is 0 Å². The van der Waals surface area contributed by atoms with Crippen LogP contribution >= 0.6 is 0 Å². The molecule has 2 aromatic rings. The van der Waals surface area contributed by atoms with Gasteiger partial charge in [-0.15, -0.1) is 0 Å². The van der Waals surface area contributed by atoms with Gasteiger partial charge in [-0.05, 0) is 47.1 Å². The van der Waals surface area contributed by atoms with Gasteiger partial charge in [0.15, 0.2) is 0 Å². The highest BCUT2D eigenvalue weighted by Gasteiger charge is 1.95. The summed E-state index contributed by atoms with van der Waals surface area (Å²) in [5, 5.41) is 0. The Morgan fingerprint density at radius 1 is 0.696 bits per heavy atom. The van der Waals surface area contributed by atoms with Gasteiger partial charge in [0.2, 0.25) is 0 Å². The number of rotatable bonds is 6.